The Bertz CT molecular complexity index is 629. The van der Waals surface area contributed by atoms with Crippen LogP contribution in [-0.4, -0.2) is 18.1 Å². The van der Waals surface area contributed by atoms with Crippen molar-refractivity contribution >= 4 is 23.0 Å². The van der Waals surface area contributed by atoms with Gasteiger partial charge in [-0.2, -0.15) is 5.26 Å². The average Bonchev–Trinajstić information content (AvgIpc) is 2.90. The van der Waals surface area contributed by atoms with Crippen LogP contribution in [0.5, 0.6) is 0 Å². The summed E-state index contributed by atoms with van der Waals surface area (Å²) in [5.41, 5.74) is 1.24. The molecule has 19 heavy (non-hydrogen) atoms. The second-order valence-electron chi connectivity index (χ2n) is 4.08. The molecule has 96 valence electrons. The van der Waals surface area contributed by atoms with Crippen LogP contribution in [0.4, 0.5) is 5.69 Å². The molecule has 0 radical (unpaired) electrons. The van der Waals surface area contributed by atoms with Gasteiger partial charge >= 0.3 is 5.97 Å². The number of carbonyl (C=O) groups is 1. The van der Waals surface area contributed by atoms with E-state index in [-0.39, 0.29) is 5.56 Å². The highest BCUT2D eigenvalue weighted by Crippen LogP contribution is 2.23. The molecule has 0 spiro atoms. The maximum Gasteiger partial charge on any atom is 0.335 e. The van der Waals surface area contributed by atoms with E-state index in [1.54, 1.807) is 17.4 Å². The lowest BCUT2D eigenvalue weighted by Crippen LogP contribution is -2.17. The molecule has 0 amide bonds. The molecule has 0 saturated carbocycles. The number of benzene rings is 1. The Morgan fingerprint density at radius 2 is 2.26 bits per heavy atom. The third kappa shape index (κ3) is 2.92. The minimum atomic E-state index is -1.02. The Hall–Kier alpha value is -2.32. The maximum absolute atomic E-state index is 10.9. The van der Waals surface area contributed by atoms with Crippen molar-refractivity contribution in [1.29, 1.82) is 5.26 Å². The molecular formula is C14H12N2O2S. The van der Waals surface area contributed by atoms with Crippen LogP contribution in [0.15, 0.2) is 35.7 Å². The van der Waals surface area contributed by atoms with E-state index in [0.29, 0.717) is 12.1 Å². The molecule has 0 bridgehead atoms. The molecule has 1 heterocycles. The van der Waals surface area contributed by atoms with Crippen LogP contribution in [0.3, 0.4) is 0 Å². The highest BCUT2D eigenvalue weighted by molar-refractivity contribution is 7.09. The fourth-order valence-electron chi connectivity index (χ4n) is 1.81. The molecule has 0 aliphatic heterocycles. The summed E-state index contributed by atoms with van der Waals surface area (Å²) in [4.78, 5) is 14.0. The smallest absolute Gasteiger partial charge is 0.335 e. The van der Waals surface area contributed by atoms with E-state index < -0.39 is 5.97 Å². The molecule has 2 rings (SSSR count). The summed E-state index contributed by atoms with van der Waals surface area (Å²) in [6, 6.07) is 10.7. The summed E-state index contributed by atoms with van der Waals surface area (Å²) in [5.74, 6) is -1.02. The summed E-state index contributed by atoms with van der Waals surface area (Å²) >= 11 is 1.65. The number of carboxylic acids is 1. The van der Waals surface area contributed by atoms with E-state index >= 15 is 0 Å². The second-order valence-corrected chi connectivity index (χ2v) is 5.12. The SMILES string of the molecule is CN(Cc1cccs1)c1ccc(C(=O)O)cc1C#N. The van der Waals surface area contributed by atoms with E-state index in [0.717, 1.165) is 5.69 Å². The Morgan fingerprint density at radius 3 is 2.84 bits per heavy atom. The summed E-state index contributed by atoms with van der Waals surface area (Å²) < 4.78 is 0. The van der Waals surface area contributed by atoms with E-state index in [4.69, 9.17) is 10.4 Å². The molecule has 2 aromatic rings. The first-order valence-electron chi connectivity index (χ1n) is 5.63. The lowest BCUT2D eigenvalue weighted by molar-refractivity contribution is 0.0697. The zero-order valence-electron chi connectivity index (χ0n) is 10.3. The van der Waals surface area contributed by atoms with Gasteiger partial charge in [-0.25, -0.2) is 4.79 Å². The number of rotatable bonds is 4. The molecule has 0 fully saturated rings. The first kappa shape index (κ1) is 13.1. The van der Waals surface area contributed by atoms with Crippen molar-refractivity contribution in [3.63, 3.8) is 0 Å². The molecule has 0 unspecified atom stereocenters. The van der Waals surface area contributed by atoms with Gasteiger partial charge in [0.05, 0.1) is 23.4 Å². The zero-order chi connectivity index (χ0) is 13.8. The molecule has 0 saturated heterocycles. The highest BCUT2D eigenvalue weighted by atomic mass is 32.1. The first-order valence-corrected chi connectivity index (χ1v) is 6.50. The molecule has 1 aromatic heterocycles. The standard InChI is InChI=1S/C14H12N2O2S/c1-16(9-12-3-2-6-19-12)13-5-4-10(14(17)18)7-11(13)8-15/h2-7H,9H2,1H3,(H,17,18). The monoisotopic (exact) mass is 272 g/mol. The van der Waals surface area contributed by atoms with Crippen LogP contribution < -0.4 is 4.90 Å². The Morgan fingerprint density at radius 1 is 1.47 bits per heavy atom. The predicted octanol–water partition coefficient (Wildman–Crippen LogP) is 2.95. The fourth-order valence-corrected chi connectivity index (χ4v) is 2.57. The first-order chi connectivity index (χ1) is 9.11. The number of aromatic carboxylic acids is 1. The van der Waals surface area contributed by atoms with Crippen molar-refractivity contribution < 1.29 is 9.90 Å². The lowest BCUT2D eigenvalue weighted by atomic mass is 10.1. The Balaban J connectivity index is 2.29. The number of hydrogen-bond donors (Lipinski definition) is 1. The van der Waals surface area contributed by atoms with Gasteiger partial charge in [-0.3, -0.25) is 0 Å². The molecule has 0 atom stereocenters. The van der Waals surface area contributed by atoms with Crippen LogP contribution >= 0.6 is 11.3 Å². The normalized spacial score (nSPS) is 9.89. The zero-order valence-corrected chi connectivity index (χ0v) is 11.1. The number of nitriles is 1. The minimum absolute atomic E-state index is 0.129. The fraction of sp³-hybridized carbons (Fsp3) is 0.143. The van der Waals surface area contributed by atoms with Gasteiger partial charge in [-0.1, -0.05) is 6.07 Å². The van der Waals surface area contributed by atoms with Crippen LogP contribution in [0, 0.1) is 11.3 Å². The number of anilines is 1. The summed E-state index contributed by atoms with van der Waals surface area (Å²) in [6.07, 6.45) is 0. The number of hydrogen-bond acceptors (Lipinski definition) is 4. The average molecular weight is 272 g/mol. The van der Waals surface area contributed by atoms with E-state index in [2.05, 4.69) is 0 Å². The van der Waals surface area contributed by atoms with Crippen molar-refractivity contribution in [3.05, 3.63) is 51.7 Å². The van der Waals surface area contributed by atoms with Crippen LogP contribution in [-0.2, 0) is 6.54 Å². The summed E-state index contributed by atoms with van der Waals surface area (Å²) in [6.45, 7) is 0.693. The second kappa shape index (κ2) is 5.55. The van der Waals surface area contributed by atoms with Crippen molar-refractivity contribution in [2.45, 2.75) is 6.54 Å². The van der Waals surface area contributed by atoms with Gasteiger partial charge in [0.15, 0.2) is 0 Å². The minimum Gasteiger partial charge on any atom is -0.478 e. The van der Waals surface area contributed by atoms with Crippen LogP contribution in [0.1, 0.15) is 20.8 Å². The lowest BCUT2D eigenvalue weighted by Gasteiger charge is -2.19. The summed E-state index contributed by atoms with van der Waals surface area (Å²) in [7, 11) is 1.89. The predicted molar refractivity (Wildman–Crippen MR) is 74.5 cm³/mol. The van der Waals surface area contributed by atoms with E-state index in [1.807, 2.05) is 35.5 Å². The summed E-state index contributed by atoms with van der Waals surface area (Å²) in [5, 5.41) is 20.1. The Kier molecular flexibility index (Phi) is 3.83. The van der Waals surface area contributed by atoms with Gasteiger partial charge < -0.3 is 10.0 Å². The van der Waals surface area contributed by atoms with Gasteiger partial charge in [0.1, 0.15) is 6.07 Å². The Labute approximate surface area is 115 Å². The number of carboxylic acid groups (broad SMARTS) is 1. The largest absolute Gasteiger partial charge is 0.478 e. The van der Waals surface area contributed by atoms with Gasteiger partial charge in [0.25, 0.3) is 0 Å². The van der Waals surface area contributed by atoms with Gasteiger partial charge in [-0.05, 0) is 29.6 Å². The number of nitrogens with zero attached hydrogens (tertiary/aromatic N) is 2. The third-order valence-corrected chi connectivity index (χ3v) is 3.61. The quantitative estimate of drug-likeness (QED) is 0.929. The van der Waals surface area contributed by atoms with Crippen molar-refractivity contribution in [3.8, 4) is 6.07 Å². The van der Waals surface area contributed by atoms with Crippen molar-refractivity contribution in [1.82, 2.24) is 0 Å². The van der Waals surface area contributed by atoms with Gasteiger partial charge in [0, 0.05) is 11.9 Å². The molecule has 0 aliphatic rings. The van der Waals surface area contributed by atoms with Crippen LogP contribution in [0.25, 0.3) is 0 Å². The van der Waals surface area contributed by atoms with Gasteiger partial charge in [0.2, 0.25) is 0 Å². The maximum atomic E-state index is 10.9. The molecule has 1 N–H and O–H groups in total. The molecule has 5 heteroatoms. The topological polar surface area (TPSA) is 64.3 Å². The van der Waals surface area contributed by atoms with Gasteiger partial charge in [-0.15, -0.1) is 11.3 Å². The molecule has 4 nitrogen and oxygen atoms in total. The molecule has 0 aliphatic carbocycles. The van der Waals surface area contributed by atoms with E-state index in [1.165, 1.54) is 17.0 Å². The molecule has 1 aromatic carbocycles. The van der Waals surface area contributed by atoms with E-state index in [9.17, 15) is 4.79 Å². The van der Waals surface area contributed by atoms with Crippen LogP contribution in [0.2, 0.25) is 0 Å². The molecular weight excluding hydrogens is 260 g/mol. The third-order valence-electron chi connectivity index (χ3n) is 2.75. The number of thiophene rings is 1. The van der Waals surface area contributed by atoms with Crippen molar-refractivity contribution in [2.24, 2.45) is 0 Å². The van der Waals surface area contributed by atoms with Crippen molar-refractivity contribution in [2.75, 3.05) is 11.9 Å². The highest BCUT2D eigenvalue weighted by Gasteiger charge is 2.12.